The molecule has 1 aromatic rings. The fourth-order valence-corrected chi connectivity index (χ4v) is 3.24. The fraction of sp³-hybridized carbons (Fsp3) is 0.588. The molecular weight excluding hydrogens is 299 g/mol. The Hall–Kier alpha value is -1.82. The maximum Gasteiger partial charge on any atom is 0.225 e. The number of rotatable bonds is 6. The van der Waals surface area contributed by atoms with E-state index in [9.17, 15) is 9.18 Å². The Bertz CT molecular complexity index is 557. The molecule has 1 saturated carbocycles. The van der Waals surface area contributed by atoms with Crippen molar-refractivity contribution < 1.29 is 18.7 Å². The van der Waals surface area contributed by atoms with Crippen LogP contribution in [0.3, 0.4) is 0 Å². The molecule has 0 spiro atoms. The van der Waals surface area contributed by atoms with Crippen LogP contribution in [-0.4, -0.2) is 26.7 Å². The first-order valence-corrected chi connectivity index (χ1v) is 7.95. The standard InChI is InChI=1S/C17H25FN2O3/c1-22-14-8-12(18)13(9-15(14)23-2)20-16(21)10-17(11-19)6-4-3-5-7-17/h8-9H,3-7,10-11,19H2,1-2H3,(H,20,21). The number of hydrogen-bond acceptors (Lipinski definition) is 4. The van der Waals surface area contributed by atoms with E-state index in [4.69, 9.17) is 15.2 Å². The summed E-state index contributed by atoms with van der Waals surface area (Å²) in [6.07, 6.45) is 5.59. The number of halogens is 1. The van der Waals surface area contributed by atoms with E-state index in [0.717, 1.165) is 25.7 Å². The van der Waals surface area contributed by atoms with Gasteiger partial charge >= 0.3 is 0 Å². The van der Waals surface area contributed by atoms with E-state index < -0.39 is 5.82 Å². The van der Waals surface area contributed by atoms with Crippen LogP contribution in [0.2, 0.25) is 0 Å². The van der Waals surface area contributed by atoms with Crippen LogP contribution in [0, 0.1) is 11.2 Å². The van der Waals surface area contributed by atoms with Crippen molar-refractivity contribution in [3.05, 3.63) is 17.9 Å². The Morgan fingerprint density at radius 2 is 1.83 bits per heavy atom. The molecular formula is C17H25FN2O3. The van der Waals surface area contributed by atoms with Gasteiger partial charge in [-0.15, -0.1) is 0 Å². The van der Waals surface area contributed by atoms with Gasteiger partial charge in [0.25, 0.3) is 0 Å². The number of benzene rings is 1. The zero-order chi connectivity index (χ0) is 16.9. The summed E-state index contributed by atoms with van der Waals surface area (Å²) in [6, 6.07) is 2.63. The molecule has 2 rings (SSSR count). The molecule has 6 heteroatoms. The van der Waals surface area contributed by atoms with Gasteiger partial charge in [0.2, 0.25) is 5.91 Å². The van der Waals surface area contributed by atoms with Crippen LogP contribution >= 0.6 is 0 Å². The van der Waals surface area contributed by atoms with Gasteiger partial charge in [0.1, 0.15) is 0 Å². The number of methoxy groups -OCH3 is 2. The van der Waals surface area contributed by atoms with Gasteiger partial charge in [0, 0.05) is 18.6 Å². The summed E-state index contributed by atoms with van der Waals surface area (Å²) in [6.45, 7) is 0.481. The monoisotopic (exact) mass is 324 g/mol. The zero-order valence-corrected chi connectivity index (χ0v) is 13.8. The minimum atomic E-state index is -0.554. The van der Waals surface area contributed by atoms with Crippen LogP contribution in [-0.2, 0) is 4.79 Å². The van der Waals surface area contributed by atoms with Crippen molar-refractivity contribution in [2.24, 2.45) is 11.1 Å². The first kappa shape index (κ1) is 17.5. The smallest absolute Gasteiger partial charge is 0.225 e. The summed E-state index contributed by atoms with van der Waals surface area (Å²) >= 11 is 0. The molecule has 1 fully saturated rings. The predicted molar refractivity (Wildman–Crippen MR) is 87.3 cm³/mol. The minimum Gasteiger partial charge on any atom is -0.493 e. The molecule has 0 atom stereocenters. The number of ether oxygens (including phenoxy) is 2. The summed E-state index contributed by atoms with van der Waals surface area (Å²) in [5.41, 5.74) is 5.84. The maximum absolute atomic E-state index is 14.1. The van der Waals surface area contributed by atoms with Gasteiger partial charge < -0.3 is 20.5 Å². The number of amides is 1. The van der Waals surface area contributed by atoms with Gasteiger partial charge in [-0.2, -0.15) is 0 Å². The molecule has 0 aromatic heterocycles. The summed E-state index contributed by atoms with van der Waals surface area (Å²) in [5, 5.41) is 2.64. The van der Waals surface area contributed by atoms with E-state index in [1.807, 2.05) is 0 Å². The Balaban J connectivity index is 2.10. The first-order chi connectivity index (χ1) is 11.0. The van der Waals surface area contributed by atoms with Gasteiger partial charge in [0.05, 0.1) is 19.9 Å². The highest BCUT2D eigenvalue weighted by molar-refractivity contribution is 5.91. The molecule has 1 aliphatic carbocycles. The van der Waals surface area contributed by atoms with Gasteiger partial charge in [-0.3, -0.25) is 4.79 Å². The van der Waals surface area contributed by atoms with Crippen molar-refractivity contribution in [3.8, 4) is 11.5 Å². The zero-order valence-electron chi connectivity index (χ0n) is 13.8. The van der Waals surface area contributed by atoms with Crippen LogP contribution in [0.1, 0.15) is 38.5 Å². The Morgan fingerprint density at radius 1 is 1.22 bits per heavy atom. The fourth-order valence-electron chi connectivity index (χ4n) is 3.24. The largest absolute Gasteiger partial charge is 0.493 e. The molecule has 0 bridgehead atoms. The number of anilines is 1. The Labute approximate surface area is 136 Å². The van der Waals surface area contributed by atoms with Gasteiger partial charge in [-0.05, 0) is 24.8 Å². The Morgan fingerprint density at radius 3 is 2.39 bits per heavy atom. The van der Waals surface area contributed by atoms with Gasteiger partial charge in [0.15, 0.2) is 17.3 Å². The molecule has 0 heterocycles. The van der Waals surface area contributed by atoms with E-state index in [0.29, 0.717) is 18.7 Å². The highest BCUT2D eigenvalue weighted by Gasteiger charge is 2.33. The van der Waals surface area contributed by atoms with Crippen LogP contribution in [0.15, 0.2) is 12.1 Å². The molecule has 0 aliphatic heterocycles. The van der Waals surface area contributed by atoms with Crippen molar-refractivity contribution in [1.82, 2.24) is 0 Å². The van der Waals surface area contributed by atoms with E-state index >= 15 is 0 Å². The molecule has 23 heavy (non-hydrogen) atoms. The lowest BCUT2D eigenvalue weighted by Crippen LogP contribution is -2.36. The first-order valence-electron chi connectivity index (χ1n) is 7.95. The van der Waals surface area contributed by atoms with Crippen molar-refractivity contribution in [2.75, 3.05) is 26.1 Å². The lowest BCUT2D eigenvalue weighted by molar-refractivity contribution is -0.118. The summed E-state index contributed by atoms with van der Waals surface area (Å²) < 4.78 is 24.3. The molecule has 0 unspecified atom stereocenters. The number of nitrogens with two attached hydrogens (primary N) is 1. The topological polar surface area (TPSA) is 73.6 Å². The maximum atomic E-state index is 14.1. The third-order valence-corrected chi connectivity index (χ3v) is 4.63. The molecule has 0 saturated heterocycles. The van der Waals surface area contributed by atoms with Crippen molar-refractivity contribution in [3.63, 3.8) is 0 Å². The van der Waals surface area contributed by atoms with Crippen LogP contribution in [0.4, 0.5) is 10.1 Å². The second-order valence-corrected chi connectivity index (χ2v) is 6.18. The number of nitrogens with one attached hydrogen (secondary N) is 1. The van der Waals surface area contributed by atoms with Crippen molar-refractivity contribution in [2.45, 2.75) is 38.5 Å². The molecule has 1 aliphatic rings. The average Bonchev–Trinajstić information content (AvgIpc) is 2.57. The molecule has 0 radical (unpaired) electrons. The molecule has 1 aromatic carbocycles. The van der Waals surface area contributed by atoms with Crippen LogP contribution in [0.5, 0.6) is 11.5 Å². The van der Waals surface area contributed by atoms with E-state index in [1.54, 1.807) is 0 Å². The third-order valence-electron chi connectivity index (χ3n) is 4.63. The third kappa shape index (κ3) is 4.13. The SMILES string of the molecule is COc1cc(F)c(NC(=O)CC2(CN)CCCCC2)cc1OC. The van der Waals surface area contributed by atoms with Crippen molar-refractivity contribution >= 4 is 11.6 Å². The van der Waals surface area contributed by atoms with Gasteiger partial charge in [-0.1, -0.05) is 19.3 Å². The molecule has 3 N–H and O–H groups in total. The highest BCUT2D eigenvalue weighted by atomic mass is 19.1. The summed E-state index contributed by atoms with van der Waals surface area (Å²) in [7, 11) is 2.90. The highest BCUT2D eigenvalue weighted by Crippen LogP contribution is 2.39. The second kappa shape index (κ2) is 7.64. The van der Waals surface area contributed by atoms with Crippen molar-refractivity contribution in [1.29, 1.82) is 0 Å². The van der Waals surface area contributed by atoms with E-state index in [2.05, 4.69) is 5.32 Å². The quantitative estimate of drug-likeness (QED) is 0.843. The second-order valence-electron chi connectivity index (χ2n) is 6.18. The van der Waals surface area contributed by atoms with E-state index in [1.165, 1.54) is 32.8 Å². The number of carbonyl (C=O) groups excluding carboxylic acids is 1. The summed E-state index contributed by atoms with van der Waals surface area (Å²) in [5.74, 6) is -0.117. The molecule has 5 nitrogen and oxygen atoms in total. The number of hydrogen-bond donors (Lipinski definition) is 2. The summed E-state index contributed by atoms with van der Waals surface area (Å²) in [4.78, 5) is 12.3. The lowest BCUT2D eigenvalue weighted by atomic mass is 9.71. The predicted octanol–water partition coefficient (Wildman–Crippen LogP) is 3.08. The normalized spacial score (nSPS) is 16.7. The van der Waals surface area contributed by atoms with Crippen LogP contribution < -0.4 is 20.5 Å². The molecule has 128 valence electrons. The number of carbonyl (C=O) groups is 1. The molecule has 1 amide bonds. The Kier molecular flexibility index (Phi) is 5.82. The van der Waals surface area contributed by atoms with Gasteiger partial charge in [-0.25, -0.2) is 4.39 Å². The minimum absolute atomic E-state index is 0.0932. The lowest BCUT2D eigenvalue weighted by Gasteiger charge is -2.35. The van der Waals surface area contributed by atoms with Crippen LogP contribution in [0.25, 0.3) is 0 Å². The average molecular weight is 324 g/mol. The van der Waals surface area contributed by atoms with E-state index in [-0.39, 0.29) is 22.8 Å².